The Bertz CT molecular complexity index is 810. The highest BCUT2D eigenvalue weighted by atomic mass is 19.4. The summed E-state index contributed by atoms with van der Waals surface area (Å²) in [7, 11) is 0. The van der Waals surface area contributed by atoms with Crippen LogP contribution in [0.4, 0.5) is 13.2 Å². The molecule has 1 unspecified atom stereocenters. The number of rotatable bonds is 5. The Labute approximate surface area is 155 Å². The fourth-order valence-electron chi connectivity index (χ4n) is 2.40. The fourth-order valence-corrected chi connectivity index (χ4v) is 2.40. The number of halogens is 3. The maximum Gasteiger partial charge on any atom is 0.420 e. The smallest absolute Gasteiger partial charge is 0.396 e. The summed E-state index contributed by atoms with van der Waals surface area (Å²) < 4.78 is 41.3. The highest BCUT2D eigenvalue weighted by molar-refractivity contribution is 5.92. The molecule has 0 bridgehead atoms. The molecule has 2 aromatic heterocycles. The molecular formula is C18H23F3N4O2. The van der Waals surface area contributed by atoms with Crippen LogP contribution >= 0.6 is 0 Å². The third-order valence-electron chi connectivity index (χ3n) is 3.93. The molecular weight excluding hydrogens is 361 g/mol. The van der Waals surface area contributed by atoms with Crippen molar-refractivity contribution in [3.63, 3.8) is 0 Å². The minimum absolute atomic E-state index is 0.0103. The van der Waals surface area contributed by atoms with Gasteiger partial charge in [-0.25, -0.2) is 9.67 Å². The molecule has 1 amide bonds. The molecule has 0 fully saturated rings. The average Bonchev–Trinajstić information content (AvgIpc) is 3.04. The number of aromatic nitrogens is 3. The van der Waals surface area contributed by atoms with E-state index in [1.165, 1.54) is 18.3 Å². The van der Waals surface area contributed by atoms with Crippen LogP contribution in [0.25, 0.3) is 5.82 Å². The number of carbonyl (C=O) groups is 1. The number of aliphatic hydroxyl groups is 1. The number of hydrogen-bond donors (Lipinski definition) is 2. The lowest BCUT2D eigenvalue weighted by molar-refractivity contribution is -0.137. The van der Waals surface area contributed by atoms with Crippen LogP contribution in [-0.4, -0.2) is 38.9 Å². The van der Waals surface area contributed by atoms with Crippen LogP contribution in [0, 0.1) is 5.92 Å². The summed E-state index contributed by atoms with van der Waals surface area (Å²) in [6, 6.07) is 3.60. The van der Waals surface area contributed by atoms with Crippen LogP contribution in [0.15, 0.2) is 24.4 Å². The molecule has 0 saturated heterocycles. The zero-order valence-corrected chi connectivity index (χ0v) is 15.6. The minimum atomic E-state index is -4.61. The number of nitrogens with zero attached hydrogens (tertiary/aromatic N) is 3. The van der Waals surface area contributed by atoms with Gasteiger partial charge >= 0.3 is 6.18 Å². The van der Waals surface area contributed by atoms with Crippen molar-refractivity contribution < 1.29 is 23.1 Å². The van der Waals surface area contributed by atoms with E-state index in [2.05, 4.69) is 15.4 Å². The summed E-state index contributed by atoms with van der Waals surface area (Å²) in [6.07, 6.45) is -3.36. The largest absolute Gasteiger partial charge is 0.420 e. The number of hydrogen-bond acceptors (Lipinski definition) is 4. The van der Waals surface area contributed by atoms with E-state index in [1.807, 2.05) is 20.8 Å². The van der Waals surface area contributed by atoms with Crippen molar-refractivity contribution in [2.45, 2.75) is 39.3 Å². The van der Waals surface area contributed by atoms with E-state index >= 15 is 0 Å². The standard InChI is InChI=1S/C18H23F3N4O2/c1-11(10-26)9-23-16(27)13-8-14(17(2,3)4)25(24-13)15-12(18(19,20)21)6-5-7-22-15/h5-8,11,26H,9-10H2,1-4H3,(H,23,27). The summed E-state index contributed by atoms with van der Waals surface area (Å²) in [5.74, 6) is -1.05. The Morgan fingerprint density at radius 2 is 2.00 bits per heavy atom. The zero-order chi connectivity index (χ0) is 20.4. The van der Waals surface area contributed by atoms with E-state index in [-0.39, 0.29) is 30.6 Å². The first-order chi connectivity index (χ1) is 12.4. The van der Waals surface area contributed by atoms with Gasteiger partial charge in [-0.1, -0.05) is 27.7 Å². The Hall–Kier alpha value is -2.42. The lowest BCUT2D eigenvalue weighted by atomic mass is 9.91. The summed E-state index contributed by atoms with van der Waals surface area (Å²) in [6.45, 7) is 7.32. The third-order valence-corrected chi connectivity index (χ3v) is 3.93. The summed E-state index contributed by atoms with van der Waals surface area (Å²) in [4.78, 5) is 16.2. The summed E-state index contributed by atoms with van der Waals surface area (Å²) in [5.41, 5.74) is -1.10. The van der Waals surface area contributed by atoms with Gasteiger partial charge in [0.2, 0.25) is 0 Å². The van der Waals surface area contributed by atoms with E-state index in [1.54, 1.807) is 6.92 Å². The monoisotopic (exact) mass is 384 g/mol. The van der Waals surface area contributed by atoms with Crippen LogP contribution in [-0.2, 0) is 11.6 Å². The highest BCUT2D eigenvalue weighted by Crippen LogP contribution is 2.34. The maximum absolute atomic E-state index is 13.4. The Balaban J connectivity index is 2.52. The SMILES string of the molecule is CC(CO)CNC(=O)c1cc(C(C)(C)C)n(-c2ncccc2C(F)(F)F)n1. The third kappa shape index (κ3) is 4.85. The van der Waals surface area contributed by atoms with Crippen molar-refractivity contribution >= 4 is 5.91 Å². The van der Waals surface area contributed by atoms with Gasteiger partial charge in [-0.15, -0.1) is 0 Å². The molecule has 2 rings (SSSR count). The Kier molecular flexibility index (Phi) is 5.94. The van der Waals surface area contributed by atoms with E-state index in [0.717, 1.165) is 10.7 Å². The second-order valence-corrected chi connectivity index (χ2v) is 7.45. The van der Waals surface area contributed by atoms with Crippen molar-refractivity contribution in [3.8, 4) is 5.82 Å². The van der Waals surface area contributed by atoms with Crippen LogP contribution in [0.3, 0.4) is 0 Å². The van der Waals surface area contributed by atoms with Crippen LogP contribution in [0.5, 0.6) is 0 Å². The number of amides is 1. The number of alkyl halides is 3. The quantitative estimate of drug-likeness (QED) is 0.831. The van der Waals surface area contributed by atoms with Gasteiger partial charge in [0, 0.05) is 24.8 Å². The highest BCUT2D eigenvalue weighted by Gasteiger charge is 2.36. The molecule has 0 aliphatic rings. The Morgan fingerprint density at radius 3 is 2.56 bits per heavy atom. The predicted molar refractivity (Wildman–Crippen MR) is 93.6 cm³/mol. The topological polar surface area (TPSA) is 80.0 Å². The molecule has 1 atom stereocenters. The average molecular weight is 384 g/mol. The molecule has 0 aliphatic carbocycles. The second-order valence-electron chi connectivity index (χ2n) is 7.45. The van der Waals surface area contributed by atoms with Gasteiger partial charge in [0.25, 0.3) is 5.91 Å². The van der Waals surface area contributed by atoms with Crippen LogP contribution < -0.4 is 5.32 Å². The van der Waals surface area contributed by atoms with Crippen molar-refractivity contribution in [2.24, 2.45) is 5.92 Å². The molecule has 0 aliphatic heterocycles. The van der Waals surface area contributed by atoms with E-state index in [0.29, 0.717) is 5.69 Å². The lowest BCUT2D eigenvalue weighted by Crippen LogP contribution is -2.30. The molecule has 0 radical (unpaired) electrons. The molecule has 2 aromatic rings. The van der Waals surface area contributed by atoms with E-state index < -0.39 is 23.1 Å². The second kappa shape index (κ2) is 7.67. The lowest BCUT2D eigenvalue weighted by Gasteiger charge is -2.21. The number of aliphatic hydroxyl groups excluding tert-OH is 1. The van der Waals surface area contributed by atoms with Crippen molar-refractivity contribution in [1.29, 1.82) is 0 Å². The van der Waals surface area contributed by atoms with Crippen LogP contribution in [0.2, 0.25) is 0 Å². The van der Waals surface area contributed by atoms with Gasteiger partial charge in [-0.2, -0.15) is 18.3 Å². The van der Waals surface area contributed by atoms with E-state index in [4.69, 9.17) is 5.11 Å². The maximum atomic E-state index is 13.4. The first-order valence-electron chi connectivity index (χ1n) is 8.47. The predicted octanol–water partition coefficient (Wildman–Crippen LogP) is 2.94. The molecule has 9 heteroatoms. The van der Waals surface area contributed by atoms with Crippen molar-refractivity contribution in [3.05, 3.63) is 41.3 Å². The van der Waals surface area contributed by atoms with Gasteiger partial charge in [0.05, 0.1) is 5.69 Å². The first kappa shape index (κ1) is 20.9. The Morgan fingerprint density at radius 1 is 1.33 bits per heavy atom. The van der Waals surface area contributed by atoms with Crippen molar-refractivity contribution in [2.75, 3.05) is 13.2 Å². The van der Waals surface area contributed by atoms with Gasteiger partial charge < -0.3 is 10.4 Å². The zero-order valence-electron chi connectivity index (χ0n) is 15.6. The number of pyridine rings is 1. The normalized spacial score (nSPS) is 13.5. The number of carbonyl (C=O) groups excluding carboxylic acids is 1. The minimum Gasteiger partial charge on any atom is -0.396 e. The molecule has 148 valence electrons. The van der Waals surface area contributed by atoms with Crippen molar-refractivity contribution in [1.82, 2.24) is 20.1 Å². The first-order valence-corrected chi connectivity index (χ1v) is 8.47. The fraction of sp³-hybridized carbons (Fsp3) is 0.500. The molecule has 0 aromatic carbocycles. The molecule has 0 spiro atoms. The van der Waals surface area contributed by atoms with Gasteiger partial charge in [0.15, 0.2) is 11.5 Å². The van der Waals surface area contributed by atoms with Gasteiger partial charge in [0.1, 0.15) is 5.56 Å². The molecule has 27 heavy (non-hydrogen) atoms. The van der Waals surface area contributed by atoms with E-state index in [9.17, 15) is 18.0 Å². The molecule has 2 N–H and O–H groups in total. The summed E-state index contributed by atoms with van der Waals surface area (Å²) in [5, 5.41) is 15.8. The van der Waals surface area contributed by atoms with Crippen LogP contribution in [0.1, 0.15) is 49.4 Å². The molecule has 2 heterocycles. The van der Waals surface area contributed by atoms with Gasteiger partial charge in [-0.05, 0) is 24.1 Å². The molecule has 6 nitrogen and oxygen atoms in total. The van der Waals surface area contributed by atoms with Gasteiger partial charge in [-0.3, -0.25) is 4.79 Å². The number of nitrogens with one attached hydrogen (secondary N) is 1. The summed E-state index contributed by atoms with van der Waals surface area (Å²) >= 11 is 0. The molecule has 0 saturated carbocycles.